The third-order valence-corrected chi connectivity index (χ3v) is 5.10. The third kappa shape index (κ3) is 3.50. The van der Waals surface area contributed by atoms with Crippen molar-refractivity contribution in [3.63, 3.8) is 0 Å². The van der Waals surface area contributed by atoms with Crippen molar-refractivity contribution in [1.82, 2.24) is 15.0 Å². The van der Waals surface area contributed by atoms with E-state index in [0.29, 0.717) is 29.7 Å². The van der Waals surface area contributed by atoms with Crippen LogP contribution in [0.25, 0.3) is 11.4 Å². The van der Waals surface area contributed by atoms with Gasteiger partial charge in [0.15, 0.2) is 0 Å². The van der Waals surface area contributed by atoms with Gasteiger partial charge in [-0.15, -0.1) is 0 Å². The van der Waals surface area contributed by atoms with Crippen LogP contribution < -0.4 is 0 Å². The van der Waals surface area contributed by atoms with Crippen LogP contribution in [0.1, 0.15) is 60.5 Å². The SMILES string of the molecule is CC(C)c1ccc(C(=O)N2CCC[C@H]2c2nc(-c3ccccc3)no2)cc1. The van der Waals surface area contributed by atoms with Crippen molar-refractivity contribution in [3.05, 3.63) is 71.6 Å². The van der Waals surface area contributed by atoms with Crippen molar-refractivity contribution >= 4 is 5.91 Å². The van der Waals surface area contributed by atoms with Gasteiger partial charge in [-0.2, -0.15) is 4.98 Å². The van der Waals surface area contributed by atoms with Gasteiger partial charge in [0.05, 0.1) is 0 Å². The molecule has 1 atom stereocenters. The van der Waals surface area contributed by atoms with E-state index in [9.17, 15) is 4.79 Å². The van der Waals surface area contributed by atoms with E-state index in [0.717, 1.165) is 18.4 Å². The minimum absolute atomic E-state index is 0.0206. The summed E-state index contributed by atoms with van der Waals surface area (Å²) < 4.78 is 5.51. The van der Waals surface area contributed by atoms with E-state index in [1.54, 1.807) is 0 Å². The lowest BCUT2D eigenvalue weighted by Crippen LogP contribution is -2.30. The molecule has 1 saturated heterocycles. The highest BCUT2D eigenvalue weighted by Crippen LogP contribution is 2.33. The summed E-state index contributed by atoms with van der Waals surface area (Å²) in [6.45, 7) is 5.00. The van der Waals surface area contributed by atoms with Crippen LogP contribution in [-0.2, 0) is 0 Å². The largest absolute Gasteiger partial charge is 0.337 e. The molecule has 2 aromatic carbocycles. The lowest BCUT2D eigenvalue weighted by molar-refractivity contribution is 0.0710. The Morgan fingerprint density at radius 1 is 1.11 bits per heavy atom. The summed E-state index contributed by atoms with van der Waals surface area (Å²) in [6, 6.07) is 17.5. The van der Waals surface area contributed by atoms with Crippen LogP contribution in [0.15, 0.2) is 59.1 Å². The predicted octanol–water partition coefficient (Wildman–Crippen LogP) is 4.84. The van der Waals surface area contributed by atoms with Gasteiger partial charge in [-0.05, 0) is 36.5 Å². The van der Waals surface area contributed by atoms with E-state index in [-0.39, 0.29) is 11.9 Å². The average molecular weight is 361 g/mol. The first-order valence-electron chi connectivity index (χ1n) is 9.43. The maximum Gasteiger partial charge on any atom is 0.254 e. The van der Waals surface area contributed by atoms with Gasteiger partial charge < -0.3 is 9.42 Å². The number of carbonyl (C=O) groups is 1. The van der Waals surface area contributed by atoms with Gasteiger partial charge in [-0.25, -0.2) is 0 Å². The molecule has 4 rings (SSSR count). The molecule has 2 heterocycles. The Morgan fingerprint density at radius 2 is 1.85 bits per heavy atom. The molecule has 3 aromatic rings. The molecule has 1 aliphatic heterocycles. The first-order chi connectivity index (χ1) is 13.1. The summed E-state index contributed by atoms with van der Waals surface area (Å²) in [5.74, 6) is 1.54. The van der Waals surface area contributed by atoms with E-state index in [4.69, 9.17) is 4.52 Å². The number of likely N-dealkylation sites (tertiary alicyclic amines) is 1. The van der Waals surface area contributed by atoms with E-state index >= 15 is 0 Å². The van der Waals surface area contributed by atoms with E-state index < -0.39 is 0 Å². The highest BCUT2D eigenvalue weighted by molar-refractivity contribution is 5.94. The van der Waals surface area contributed by atoms with Crippen molar-refractivity contribution < 1.29 is 9.32 Å². The van der Waals surface area contributed by atoms with E-state index in [1.165, 1.54) is 5.56 Å². The summed E-state index contributed by atoms with van der Waals surface area (Å²) in [4.78, 5) is 19.4. The Balaban J connectivity index is 1.55. The van der Waals surface area contributed by atoms with Gasteiger partial charge in [0.1, 0.15) is 6.04 Å². The second-order valence-corrected chi connectivity index (χ2v) is 7.26. The first-order valence-corrected chi connectivity index (χ1v) is 9.43. The zero-order valence-corrected chi connectivity index (χ0v) is 15.6. The van der Waals surface area contributed by atoms with E-state index in [2.05, 4.69) is 24.0 Å². The van der Waals surface area contributed by atoms with Crippen molar-refractivity contribution in [1.29, 1.82) is 0 Å². The van der Waals surface area contributed by atoms with Crippen LogP contribution in [0, 0.1) is 0 Å². The number of nitrogens with zero attached hydrogens (tertiary/aromatic N) is 3. The van der Waals surface area contributed by atoms with Gasteiger partial charge in [-0.1, -0.05) is 61.5 Å². The fourth-order valence-electron chi connectivity index (χ4n) is 3.52. The monoisotopic (exact) mass is 361 g/mol. The van der Waals surface area contributed by atoms with Crippen LogP contribution in [0.2, 0.25) is 0 Å². The summed E-state index contributed by atoms with van der Waals surface area (Å²) in [5.41, 5.74) is 2.84. The maximum absolute atomic E-state index is 13.0. The normalized spacial score (nSPS) is 16.9. The lowest BCUT2D eigenvalue weighted by Gasteiger charge is -2.22. The minimum atomic E-state index is -0.160. The van der Waals surface area contributed by atoms with Crippen LogP contribution >= 0.6 is 0 Å². The van der Waals surface area contributed by atoms with Gasteiger partial charge in [-0.3, -0.25) is 4.79 Å². The molecule has 1 aromatic heterocycles. The molecule has 0 radical (unpaired) electrons. The molecular weight excluding hydrogens is 338 g/mol. The lowest BCUT2D eigenvalue weighted by atomic mass is 10.0. The van der Waals surface area contributed by atoms with Gasteiger partial charge in [0.2, 0.25) is 11.7 Å². The summed E-state index contributed by atoms with van der Waals surface area (Å²) in [7, 11) is 0. The maximum atomic E-state index is 13.0. The zero-order valence-electron chi connectivity index (χ0n) is 15.6. The molecule has 0 aliphatic carbocycles. The van der Waals surface area contributed by atoms with Gasteiger partial charge in [0, 0.05) is 17.7 Å². The Morgan fingerprint density at radius 3 is 2.56 bits per heavy atom. The quantitative estimate of drug-likeness (QED) is 0.667. The van der Waals surface area contributed by atoms with Crippen molar-refractivity contribution in [2.24, 2.45) is 0 Å². The number of carbonyl (C=O) groups excluding carboxylic acids is 1. The standard InChI is InChI=1S/C22H23N3O2/c1-15(2)16-10-12-18(13-11-16)22(26)25-14-6-9-19(25)21-23-20(24-27-21)17-7-4-3-5-8-17/h3-5,7-8,10-13,15,19H,6,9,14H2,1-2H3/t19-/m0/s1. The fourth-order valence-corrected chi connectivity index (χ4v) is 3.52. The first kappa shape index (κ1) is 17.5. The Kier molecular flexibility index (Phi) is 4.75. The molecule has 0 N–H and O–H groups in total. The fraction of sp³-hybridized carbons (Fsp3) is 0.318. The van der Waals surface area contributed by atoms with Gasteiger partial charge >= 0.3 is 0 Å². The predicted molar refractivity (Wildman–Crippen MR) is 103 cm³/mol. The molecular formula is C22H23N3O2. The summed E-state index contributed by atoms with van der Waals surface area (Å²) >= 11 is 0. The number of hydrogen-bond donors (Lipinski definition) is 0. The molecule has 1 amide bonds. The molecule has 1 aliphatic rings. The molecule has 5 nitrogen and oxygen atoms in total. The molecule has 5 heteroatoms. The second kappa shape index (κ2) is 7.35. The van der Waals surface area contributed by atoms with Crippen LogP contribution in [0.5, 0.6) is 0 Å². The smallest absolute Gasteiger partial charge is 0.254 e. The number of amides is 1. The second-order valence-electron chi connectivity index (χ2n) is 7.26. The van der Waals surface area contributed by atoms with E-state index in [1.807, 2.05) is 59.5 Å². The molecule has 0 saturated carbocycles. The molecule has 0 bridgehead atoms. The molecule has 27 heavy (non-hydrogen) atoms. The Hall–Kier alpha value is -2.95. The highest BCUT2D eigenvalue weighted by Gasteiger charge is 2.34. The van der Waals surface area contributed by atoms with Crippen molar-refractivity contribution in [2.75, 3.05) is 6.54 Å². The van der Waals surface area contributed by atoms with Gasteiger partial charge in [0.25, 0.3) is 5.91 Å². The number of rotatable bonds is 4. The third-order valence-electron chi connectivity index (χ3n) is 5.10. The summed E-state index contributed by atoms with van der Waals surface area (Å²) in [6.07, 6.45) is 1.77. The number of hydrogen-bond acceptors (Lipinski definition) is 4. The van der Waals surface area contributed by atoms with Crippen LogP contribution in [0.3, 0.4) is 0 Å². The molecule has 0 spiro atoms. The summed E-state index contributed by atoms with van der Waals surface area (Å²) in [5, 5.41) is 4.10. The Bertz CT molecular complexity index is 916. The minimum Gasteiger partial charge on any atom is -0.337 e. The number of benzene rings is 2. The zero-order chi connectivity index (χ0) is 18.8. The highest BCUT2D eigenvalue weighted by atomic mass is 16.5. The van der Waals surface area contributed by atoms with Crippen molar-refractivity contribution in [3.8, 4) is 11.4 Å². The number of aromatic nitrogens is 2. The van der Waals surface area contributed by atoms with Crippen LogP contribution in [0.4, 0.5) is 0 Å². The molecule has 138 valence electrons. The van der Waals surface area contributed by atoms with Crippen LogP contribution in [-0.4, -0.2) is 27.5 Å². The van der Waals surface area contributed by atoms with Crippen molar-refractivity contribution in [2.45, 2.75) is 38.6 Å². The molecule has 0 unspecified atom stereocenters. The molecule has 1 fully saturated rings. The average Bonchev–Trinajstić information content (AvgIpc) is 3.37. The Labute approximate surface area is 159 Å². The topological polar surface area (TPSA) is 59.2 Å².